The van der Waals surface area contributed by atoms with Gasteiger partial charge in [-0.05, 0) is 83.4 Å². The molecule has 10 aromatic rings. The Morgan fingerprint density at radius 3 is 1.63 bits per heavy atom. The van der Waals surface area contributed by atoms with Crippen LogP contribution in [0.3, 0.4) is 0 Å². The molecule has 0 aliphatic rings. The summed E-state index contributed by atoms with van der Waals surface area (Å²) in [5.74, 6) is 0. The number of rotatable bonds is 4. The van der Waals surface area contributed by atoms with Gasteiger partial charge in [0.1, 0.15) is 11.2 Å². The highest BCUT2D eigenvalue weighted by molar-refractivity contribution is 6.21. The molecule has 0 bridgehead atoms. The Kier molecular flexibility index (Phi) is 3.54. The van der Waals surface area contributed by atoms with Gasteiger partial charge < -0.3 is 4.42 Å². The van der Waals surface area contributed by atoms with Gasteiger partial charge in [0.25, 0.3) is 0 Å². The normalized spacial score (nSPS) is 16.5. The largest absolute Gasteiger partial charge is 0.455 e. The van der Waals surface area contributed by atoms with Crippen LogP contribution >= 0.6 is 0 Å². The van der Waals surface area contributed by atoms with E-state index in [1.54, 1.807) is 12.1 Å². The molecule has 0 amide bonds. The number of hydrogen-bond donors (Lipinski definition) is 0. The molecule has 0 atom stereocenters. The predicted octanol–water partition coefficient (Wildman–Crippen LogP) is 13.7. The van der Waals surface area contributed by atoms with Crippen molar-refractivity contribution in [2.75, 3.05) is 0 Å². The van der Waals surface area contributed by atoms with Crippen LogP contribution in [-0.4, -0.2) is 0 Å². The number of hydrogen-bond acceptors (Lipinski definition) is 1. The van der Waals surface area contributed by atoms with Crippen molar-refractivity contribution >= 4 is 54.3 Å². The zero-order valence-corrected chi connectivity index (χ0v) is 25.4. The maximum atomic E-state index is 9.59. The van der Waals surface area contributed by atoms with E-state index in [-0.39, 0.29) is 16.7 Å². The van der Waals surface area contributed by atoms with E-state index in [2.05, 4.69) is 0 Å². The average molecular weight is 640 g/mol. The molecule has 0 radical (unpaired) electrons. The topological polar surface area (TPSA) is 13.1 Å². The van der Waals surface area contributed by atoms with Crippen LogP contribution in [0.2, 0.25) is 0 Å². The van der Waals surface area contributed by atoms with Gasteiger partial charge in [-0.2, -0.15) is 0 Å². The third-order valence-electron chi connectivity index (χ3n) is 8.87. The molecule has 0 aliphatic carbocycles. The van der Waals surface area contributed by atoms with Crippen LogP contribution in [0.25, 0.3) is 98.8 Å². The molecule has 0 aliphatic heterocycles. The minimum Gasteiger partial charge on any atom is -0.455 e. The van der Waals surface area contributed by atoms with Gasteiger partial charge in [0.2, 0.25) is 0 Å². The van der Waals surface area contributed by atoms with Crippen molar-refractivity contribution in [3.8, 4) is 44.5 Å². The molecule has 0 fully saturated rings. The standard InChI is InChI=1S/C48H30O/c1-2-13-33(14-3-1)46-39-17-6-8-19-41(39)47(42-20-9-7-18-40(42)46)34-26-24-32(25-27-34)38-22-11-23-43-44-30-35(28-29-45(44)49-48(38)43)37-21-10-15-31-12-4-5-16-36(31)37/h1-30H/i1D,2D,3D,6D,7D,8D,9D,13D,14D,17D,18D,19D,20D,24D,25D,26D,27D. The lowest BCUT2D eigenvalue weighted by atomic mass is 9.85. The first kappa shape index (κ1) is 15.6. The Morgan fingerprint density at radius 2 is 0.918 bits per heavy atom. The lowest BCUT2D eigenvalue weighted by molar-refractivity contribution is 0.670. The zero-order chi connectivity index (χ0) is 47.1. The van der Waals surface area contributed by atoms with E-state index in [4.69, 9.17) is 16.8 Å². The fourth-order valence-corrected chi connectivity index (χ4v) is 6.71. The number of para-hydroxylation sites is 1. The van der Waals surface area contributed by atoms with Gasteiger partial charge in [-0.1, -0.05) is 169 Å². The van der Waals surface area contributed by atoms with Crippen molar-refractivity contribution in [1.29, 1.82) is 0 Å². The highest BCUT2D eigenvalue weighted by Crippen LogP contribution is 2.44. The van der Waals surface area contributed by atoms with Gasteiger partial charge in [-0.3, -0.25) is 0 Å². The molecule has 1 aromatic heterocycles. The molecule has 228 valence electrons. The highest BCUT2D eigenvalue weighted by atomic mass is 16.3. The molecule has 49 heavy (non-hydrogen) atoms. The van der Waals surface area contributed by atoms with Crippen molar-refractivity contribution in [3.63, 3.8) is 0 Å². The van der Waals surface area contributed by atoms with Crippen molar-refractivity contribution in [3.05, 3.63) is 182 Å². The maximum absolute atomic E-state index is 9.59. The first-order chi connectivity index (χ1) is 31.4. The zero-order valence-electron chi connectivity index (χ0n) is 42.4. The summed E-state index contributed by atoms with van der Waals surface area (Å²) in [4.78, 5) is 0. The van der Waals surface area contributed by atoms with Gasteiger partial charge in [-0.15, -0.1) is 0 Å². The van der Waals surface area contributed by atoms with E-state index in [0.29, 0.717) is 11.0 Å². The summed E-state index contributed by atoms with van der Waals surface area (Å²) in [7, 11) is 0. The number of benzene rings is 9. The molecule has 1 heteroatoms. The van der Waals surface area contributed by atoms with Crippen LogP contribution in [0.1, 0.15) is 23.3 Å². The average Bonchev–Trinajstić information content (AvgIpc) is 3.70. The van der Waals surface area contributed by atoms with Crippen LogP contribution in [0.15, 0.2) is 186 Å². The van der Waals surface area contributed by atoms with Gasteiger partial charge in [0, 0.05) is 16.3 Å². The van der Waals surface area contributed by atoms with E-state index in [9.17, 15) is 11.0 Å². The number of fused-ring (bicyclic) bond motifs is 6. The fourth-order valence-electron chi connectivity index (χ4n) is 6.71. The maximum Gasteiger partial charge on any atom is 0.143 e. The van der Waals surface area contributed by atoms with Gasteiger partial charge in [-0.25, -0.2) is 0 Å². The molecular weight excluding hydrogens is 593 g/mol. The quantitative estimate of drug-likeness (QED) is 0.175. The fraction of sp³-hybridized carbons (Fsp3) is 0. The van der Waals surface area contributed by atoms with E-state index in [1.807, 2.05) is 66.7 Å². The molecule has 10 rings (SSSR count). The van der Waals surface area contributed by atoms with Crippen LogP contribution in [0.4, 0.5) is 0 Å². The predicted molar refractivity (Wildman–Crippen MR) is 208 cm³/mol. The summed E-state index contributed by atoms with van der Waals surface area (Å²) in [6.45, 7) is 0. The summed E-state index contributed by atoms with van der Waals surface area (Å²) in [6, 6.07) is 11.6. The van der Waals surface area contributed by atoms with Gasteiger partial charge in [0.05, 0.1) is 23.3 Å². The first-order valence-corrected chi connectivity index (χ1v) is 15.5. The summed E-state index contributed by atoms with van der Waals surface area (Å²) in [6.07, 6.45) is 0. The Morgan fingerprint density at radius 1 is 0.367 bits per heavy atom. The second kappa shape index (κ2) is 11.1. The Bertz CT molecular complexity index is 3710. The van der Waals surface area contributed by atoms with E-state index >= 15 is 0 Å². The van der Waals surface area contributed by atoms with Crippen molar-refractivity contribution < 1.29 is 27.7 Å². The smallest absolute Gasteiger partial charge is 0.143 e. The van der Waals surface area contributed by atoms with Crippen molar-refractivity contribution in [2.45, 2.75) is 0 Å². The van der Waals surface area contributed by atoms with Gasteiger partial charge in [0.15, 0.2) is 0 Å². The van der Waals surface area contributed by atoms with Gasteiger partial charge >= 0.3 is 0 Å². The lowest BCUT2D eigenvalue weighted by Crippen LogP contribution is -1.90. The van der Waals surface area contributed by atoms with Crippen molar-refractivity contribution in [1.82, 2.24) is 0 Å². The summed E-state index contributed by atoms with van der Waals surface area (Å²) >= 11 is 0. The van der Waals surface area contributed by atoms with Crippen LogP contribution < -0.4 is 0 Å². The Balaban J connectivity index is 1.31. The van der Waals surface area contributed by atoms with Crippen LogP contribution in [-0.2, 0) is 0 Å². The Labute approximate surface area is 308 Å². The lowest BCUT2D eigenvalue weighted by Gasteiger charge is -2.18. The van der Waals surface area contributed by atoms with E-state index in [0.717, 1.165) is 27.3 Å². The second-order valence-electron chi connectivity index (χ2n) is 11.5. The first-order valence-electron chi connectivity index (χ1n) is 24.0. The molecule has 1 nitrogen and oxygen atoms in total. The summed E-state index contributed by atoms with van der Waals surface area (Å²) in [5, 5.41) is 1.37. The molecule has 0 unspecified atom stereocenters. The molecule has 0 saturated heterocycles. The Hall–Kier alpha value is -6.44. The molecule has 0 spiro atoms. The molecule has 1 heterocycles. The van der Waals surface area contributed by atoms with E-state index in [1.165, 1.54) is 0 Å². The van der Waals surface area contributed by atoms with Crippen molar-refractivity contribution in [2.24, 2.45) is 0 Å². The minimum atomic E-state index is -0.828. The molecule has 9 aromatic carbocycles. The second-order valence-corrected chi connectivity index (χ2v) is 11.5. The SMILES string of the molecule is [2H]c1c([2H])c([2H])c(-c2c3c([2H])c([2H])c([2H])c([2H])c3c(-c3c([2H])c([2H])c(-c4cccc5c4oc4ccc(-c6cccc7ccccc67)cc45)c([2H])c3[2H])c3c([2H])c([2H])c([2H])c([2H])c23)c([2H])c1[2H]. The summed E-state index contributed by atoms with van der Waals surface area (Å²) < 4.78 is 159. The number of furan rings is 1. The van der Waals surface area contributed by atoms with Crippen LogP contribution in [0.5, 0.6) is 0 Å². The summed E-state index contributed by atoms with van der Waals surface area (Å²) in [5.41, 5.74) is 0.481. The van der Waals surface area contributed by atoms with E-state index < -0.39 is 147 Å². The van der Waals surface area contributed by atoms with Crippen LogP contribution in [0, 0.1) is 0 Å². The third-order valence-corrected chi connectivity index (χ3v) is 8.87. The molecule has 0 saturated carbocycles. The highest BCUT2D eigenvalue weighted by Gasteiger charge is 2.18. The molecular formula is C48H30O. The molecule has 0 N–H and O–H groups in total. The third kappa shape index (κ3) is 4.40. The minimum absolute atomic E-state index is 0.180. The monoisotopic (exact) mass is 639 g/mol.